The third-order valence-corrected chi connectivity index (χ3v) is 3.36. The first-order valence-corrected chi connectivity index (χ1v) is 6.41. The Labute approximate surface area is 115 Å². The minimum Gasteiger partial charge on any atom is -0.481 e. The zero-order valence-electron chi connectivity index (χ0n) is 10.9. The standard InChI is InChI=1S/C13H13ClN4O/c1-4-9-15-7(2)11-12(14)16-8-5-6-10(19-3)17-13(8)18(9)11/h5-6H,4H2,1-3H3. The van der Waals surface area contributed by atoms with Crippen LogP contribution in [0.2, 0.25) is 5.15 Å². The molecule has 0 aliphatic heterocycles. The van der Waals surface area contributed by atoms with Gasteiger partial charge in [-0.1, -0.05) is 18.5 Å². The van der Waals surface area contributed by atoms with Crippen LogP contribution in [0.3, 0.4) is 0 Å². The Bertz CT molecular complexity index is 781. The van der Waals surface area contributed by atoms with Crippen molar-refractivity contribution in [3.8, 4) is 5.88 Å². The van der Waals surface area contributed by atoms with Gasteiger partial charge in [-0.25, -0.2) is 9.97 Å². The lowest BCUT2D eigenvalue weighted by atomic mass is 10.3. The minimum absolute atomic E-state index is 0.448. The number of methoxy groups -OCH3 is 1. The summed E-state index contributed by atoms with van der Waals surface area (Å²) in [5.41, 5.74) is 3.12. The number of nitrogens with zero attached hydrogens (tertiary/aromatic N) is 4. The number of aryl methyl sites for hydroxylation is 2. The monoisotopic (exact) mass is 276 g/mol. The largest absolute Gasteiger partial charge is 0.481 e. The van der Waals surface area contributed by atoms with Crippen LogP contribution in [0.4, 0.5) is 0 Å². The van der Waals surface area contributed by atoms with E-state index < -0.39 is 0 Å². The highest BCUT2D eigenvalue weighted by atomic mass is 35.5. The average Bonchev–Trinajstić information content (AvgIpc) is 2.76. The van der Waals surface area contributed by atoms with Gasteiger partial charge in [-0.3, -0.25) is 4.40 Å². The fourth-order valence-corrected chi connectivity index (χ4v) is 2.55. The van der Waals surface area contributed by atoms with E-state index in [9.17, 15) is 0 Å². The quantitative estimate of drug-likeness (QED) is 0.722. The van der Waals surface area contributed by atoms with Gasteiger partial charge >= 0.3 is 0 Å². The molecular weight excluding hydrogens is 264 g/mol. The van der Waals surface area contributed by atoms with Gasteiger partial charge in [0.25, 0.3) is 0 Å². The molecule has 0 radical (unpaired) electrons. The second-order valence-electron chi connectivity index (χ2n) is 4.25. The molecular formula is C13H13ClN4O. The predicted octanol–water partition coefficient (Wildman–Crippen LogP) is 2.81. The van der Waals surface area contributed by atoms with E-state index in [1.807, 2.05) is 17.4 Å². The molecule has 3 rings (SSSR count). The molecule has 19 heavy (non-hydrogen) atoms. The number of halogens is 1. The van der Waals surface area contributed by atoms with E-state index in [2.05, 4.69) is 21.9 Å². The molecule has 98 valence electrons. The number of ether oxygens (including phenoxy) is 1. The maximum absolute atomic E-state index is 6.25. The summed E-state index contributed by atoms with van der Waals surface area (Å²) in [7, 11) is 1.59. The topological polar surface area (TPSA) is 52.3 Å². The van der Waals surface area contributed by atoms with Crippen molar-refractivity contribution in [3.05, 3.63) is 28.8 Å². The van der Waals surface area contributed by atoms with Gasteiger partial charge in [0, 0.05) is 12.5 Å². The van der Waals surface area contributed by atoms with Gasteiger partial charge in [0.05, 0.1) is 12.8 Å². The number of aromatic nitrogens is 4. The number of hydrogen-bond acceptors (Lipinski definition) is 4. The Morgan fingerprint density at radius 3 is 2.74 bits per heavy atom. The van der Waals surface area contributed by atoms with Crippen LogP contribution >= 0.6 is 11.6 Å². The zero-order chi connectivity index (χ0) is 13.6. The molecule has 0 N–H and O–H groups in total. The maximum atomic E-state index is 6.25. The molecule has 5 nitrogen and oxygen atoms in total. The molecule has 0 unspecified atom stereocenters. The van der Waals surface area contributed by atoms with Gasteiger partial charge in [-0.15, -0.1) is 0 Å². The molecule has 0 fully saturated rings. The molecule has 0 aliphatic carbocycles. The first-order chi connectivity index (χ1) is 9.15. The van der Waals surface area contributed by atoms with Crippen LogP contribution in [0, 0.1) is 6.92 Å². The molecule has 6 heteroatoms. The van der Waals surface area contributed by atoms with E-state index in [1.54, 1.807) is 13.2 Å². The van der Waals surface area contributed by atoms with E-state index in [-0.39, 0.29) is 0 Å². The molecule has 3 aromatic heterocycles. The third-order valence-electron chi connectivity index (χ3n) is 3.10. The lowest BCUT2D eigenvalue weighted by Gasteiger charge is -2.07. The highest BCUT2D eigenvalue weighted by Crippen LogP contribution is 2.26. The van der Waals surface area contributed by atoms with Crippen molar-refractivity contribution < 1.29 is 4.74 Å². The van der Waals surface area contributed by atoms with Crippen LogP contribution in [0.5, 0.6) is 5.88 Å². The number of imidazole rings is 1. The van der Waals surface area contributed by atoms with Gasteiger partial charge in [0.1, 0.15) is 16.9 Å². The normalized spacial score (nSPS) is 11.4. The van der Waals surface area contributed by atoms with Gasteiger partial charge in [0.15, 0.2) is 10.8 Å². The van der Waals surface area contributed by atoms with E-state index in [4.69, 9.17) is 16.3 Å². The summed E-state index contributed by atoms with van der Waals surface area (Å²) in [6, 6.07) is 3.62. The second kappa shape index (κ2) is 4.35. The summed E-state index contributed by atoms with van der Waals surface area (Å²) in [4.78, 5) is 13.4. The average molecular weight is 277 g/mol. The molecule has 3 heterocycles. The van der Waals surface area contributed by atoms with Gasteiger partial charge in [-0.2, -0.15) is 4.98 Å². The van der Waals surface area contributed by atoms with Crippen molar-refractivity contribution in [1.29, 1.82) is 0 Å². The summed E-state index contributed by atoms with van der Waals surface area (Å²) in [5, 5.41) is 0.448. The fraction of sp³-hybridized carbons (Fsp3) is 0.308. The lowest BCUT2D eigenvalue weighted by Crippen LogP contribution is -2.00. The second-order valence-corrected chi connectivity index (χ2v) is 4.61. The highest BCUT2D eigenvalue weighted by molar-refractivity contribution is 6.33. The number of hydrogen-bond donors (Lipinski definition) is 0. The maximum Gasteiger partial charge on any atom is 0.215 e. The van der Waals surface area contributed by atoms with Gasteiger partial charge < -0.3 is 4.74 Å². The Morgan fingerprint density at radius 1 is 1.26 bits per heavy atom. The summed E-state index contributed by atoms with van der Waals surface area (Å²) in [6.07, 6.45) is 0.795. The number of pyridine rings is 1. The van der Waals surface area contributed by atoms with Crippen LogP contribution in [-0.2, 0) is 6.42 Å². The van der Waals surface area contributed by atoms with E-state index >= 15 is 0 Å². The molecule has 0 aromatic carbocycles. The highest BCUT2D eigenvalue weighted by Gasteiger charge is 2.16. The summed E-state index contributed by atoms with van der Waals surface area (Å²) in [5.74, 6) is 1.47. The minimum atomic E-state index is 0.448. The smallest absolute Gasteiger partial charge is 0.215 e. The Balaban J connectivity index is 2.54. The van der Waals surface area contributed by atoms with Crippen LogP contribution in [0.25, 0.3) is 16.7 Å². The van der Waals surface area contributed by atoms with E-state index in [0.717, 1.165) is 34.6 Å². The van der Waals surface area contributed by atoms with Crippen molar-refractivity contribution in [2.75, 3.05) is 7.11 Å². The van der Waals surface area contributed by atoms with Crippen LogP contribution < -0.4 is 4.74 Å². The molecule has 0 spiro atoms. The Hall–Kier alpha value is -1.88. The van der Waals surface area contributed by atoms with E-state index in [1.165, 1.54) is 0 Å². The van der Waals surface area contributed by atoms with Crippen molar-refractivity contribution in [1.82, 2.24) is 19.4 Å². The van der Waals surface area contributed by atoms with Crippen molar-refractivity contribution in [2.24, 2.45) is 0 Å². The first-order valence-electron chi connectivity index (χ1n) is 6.04. The summed E-state index contributed by atoms with van der Waals surface area (Å²) in [6.45, 7) is 3.97. The van der Waals surface area contributed by atoms with Crippen LogP contribution in [-0.4, -0.2) is 26.5 Å². The molecule has 0 saturated heterocycles. The third kappa shape index (κ3) is 1.73. The van der Waals surface area contributed by atoms with Crippen molar-refractivity contribution >= 4 is 28.3 Å². The molecule has 0 aliphatic rings. The first kappa shape index (κ1) is 12.2. The molecule has 0 saturated carbocycles. The predicted molar refractivity (Wildman–Crippen MR) is 74.0 cm³/mol. The SMILES string of the molecule is CCc1nc(C)c2c(Cl)nc3ccc(OC)nc3n12. The van der Waals surface area contributed by atoms with Crippen molar-refractivity contribution in [3.63, 3.8) is 0 Å². The zero-order valence-corrected chi connectivity index (χ0v) is 11.7. The number of fused-ring (bicyclic) bond motifs is 3. The number of rotatable bonds is 2. The van der Waals surface area contributed by atoms with Gasteiger partial charge in [0.2, 0.25) is 5.88 Å². The molecule has 3 aromatic rings. The Morgan fingerprint density at radius 2 is 2.05 bits per heavy atom. The van der Waals surface area contributed by atoms with Gasteiger partial charge in [-0.05, 0) is 13.0 Å². The molecule has 0 atom stereocenters. The molecule has 0 amide bonds. The van der Waals surface area contributed by atoms with Crippen LogP contribution in [0.15, 0.2) is 12.1 Å². The van der Waals surface area contributed by atoms with Crippen molar-refractivity contribution in [2.45, 2.75) is 20.3 Å². The summed E-state index contributed by atoms with van der Waals surface area (Å²) >= 11 is 6.25. The van der Waals surface area contributed by atoms with Crippen LogP contribution in [0.1, 0.15) is 18.4 Å². The van der Waals surface area contributed by atoms with E-state index in [0.29, 0.717) is 11.0 Å². The molecule has 0 bridgehead atoms. The lowest BCUT2D eigenvalue weighted by molar-refractivity contribution is 0.399. The summed E-state index contributed by atoms with van der Waals surface area (Å²) < 4.78 is 7.14. The Kier molecular flexibility index (Phi) is 2.78. The fourth-order valence-electron chi connectivity index (χ4n) is 2.24.